The number of nitrogens with one attached hydrogen (secondary N) is 1. The highest BCUT2D eigenvalue weighted by Crippen LogP contribution is 2.10. The van der Waals surface area contributed by atoms with Gasteiger partial charge >= 0.3 is 0 Å². The van der Waals surface area contributed by atoms with Crippen LogP contribution in [0, 0.1) is 6.92 Å². The van der Waals surface area contributed by atoms with Crippen molar-refractivity contribution in [3.8, 4) is 0 Å². The van der Waals surface area contributed by atoms with Crippen molar-refractivity contribution < 1.29 is 9.53 Å². The van der Waals surface area contributed by atoms with Gasteiger partial charge in [-0.05, 0) is 18.9 Å². The highest BCUT2D eigenvalue weighted by molar-refractivity contribution is 5.91. The van der Waals surface area contributed by atoms with E-state index in [0.29, 0.717) is 19.7 Å². The minimum absolute atomic E-state index is 0.0200. The Hall–Kier alpha value is -2.19. The Balaban J connectivity index is 1.50. The molecule has 3 rings (SSSR count). The maximum absolute atomic E-state index is 12.4. The fourth-order valence-corrected chi connectivity index (χ4v) is 3.02. The van der Waals surface area contributed by atoms with E-state index in [4.69, 9.17) is 4.74 Å². The van der Waals surface area contributed by atoms with Crippen molar-refractivity contribution in [2.24, 2.45) is 0 Å². The van der Waals surface area contributed by atoms with Gasteiger partial charge in [-0.2, -0.15) is 10.2 Å². The number of aryl methyl sites for hydroxylation is 2. The number of carbonyl (C=O) groups excluding carboxylic acids is 1. The van der Waals surface area contributed by atoms with Gasteiger partial charge in [-0.3, -0.25) is 14.4 Å². The number of carbonyl (C=O) groups is 1. The van der Waals surface area contributed by atoms with Crippen LogP contribution in [0.3, 0.4) is 0 Å². The van der Waals surface area contributed by atoms with Gasteiger partial charge in [-0.15, -0.1) is 0 Å². The third-order valence-electron chi connectivity index (χ3n) is 4.16. The van der Waals surface area contributed by atoms with Crippen LogP contribution >= 0.6 is 0 Å². The van der Waals surface area contributed by atoms with Gasteiger partial charge in [0.25, 0.3) is 0 Å². The summed E-state index contributed by atoms with van der Waals surface area (Å²) >= 11 is 0. The molecule has 1 fully saturated rings. The SMILES string of the molecule is CCCn1nccc1NC(=O)CN1CCO[C@H](Cn2cc(C)cn2)C1. The second kappa shape index (κ2) is 8.26. The molecular weight excluding hydrogens is 320 g/mol. The molecule has 1 amide bonds. The first-order chi connectivity index (χ1) is 12.1. The zero-order valence-corrected chi connectivity index (χ0v) is 14.9. The molecule has 0 bridgehead atoms. The number of hydrogen-bond donors (Lipinski definition) is 1. The number of amides is 1. The normalized spacial score (nSPS) is 18.4. The maximum atomic E-state index is 12.4. The topological polar surface area (TPSA) is 77.2 Å². The third kappa shape index (κ3) is 4.90. The molecule has 8 heteroatoms. The molecule has 0 saturated carbocycles. The van der Waals surface area contributed by atoms with Gasteiger partial charge in [0.15, 0.2) is 0 Å². The lowest BCUT2D eigenvalue weighted by molar-refractivity contribution is -0.119. The van der Waals surface area contributed by atoms with Crippen LogP contribution in [0.25, 0.3) is 0 Å². The van der Waals surface area contributed by atoms with Crippen LogP contribution in [-0.2, 0) is 22.6 Å². The Kier molecular flexibility index (Phi) is 5.83. The lowest BCUT2D eigenvalue weighted by Gasteiger charge is -2.32. The zero-order valence-electron chi connectivity index (χ0n) is 14.9. The standard InChI is InChI=1S/C17H26N6O2/c1-3-6-23-16(4-5-18-23)20-17(24)13-21-7-8-25-15(11-21)12-22-10-14(2)9-19-22/h4-5,9-10,15H,3,6-8,11-13H2,1-2H3,(H,20,24)/t15-/m0/s1. The molecule has 25 heavy (non-hydrogen) atoms. The molecule has 2 aromatic rings. The van der Waals surface area contributed by atoms with E-state index in [1.165, 1.54) is 0 Å². The minimum atomic E-state index is -0.0200. The van der Waals surface area contributed by atoms with Crippen molar-refractivity contribution in [2.45, 2.75) is 39.5 Å². The van der Waals surface area contributed by atoms with E-state index in [-0.39, 0.29) is 12.0 Å². The molecular formula is C17H26N6O2. The molecule has 1 aliphatic heterocycles. The Bertz CT molecular complexity index is 695. The molecule has 2 aromatic heterocycles. The predicted molar refractivity (Wildman–Crippen MR) is 94.3 cm³/mol. The van der Waals surface area contributed by atoms with Crippen molar-refractivity contribution in [3.05, 3.63) is 30.2 Å². The van der Waals surface area contributed by atoms with E-state index in [2.05, 4.69) is 27.3 Å². The first-order valence-corrected chi connectivity index (χ1v) is 8.78. The van der Waals surface area contributed by atoms with E-state index < -0.39 is 0 Å². The van der Waals surface area contributed by atoms with Crippen molar-refractivity contribution in [3.63, 3.8) is 0 Å². The Morgan fingerprint density at radius 2 is 2.32 bits per heavy atom. The summed E-state index contributed by atoms with van der Waals surface area (Å²) in [5.74, 6) is 0.733. The highest BCUT2D eigenvalue weighted by Gasteiger charge is 2.23. The molecule has 1 N–H and O–H groups in total. The van der Waals surface area contributed by atoms with Crippen molar-refractivity contribution >= 4 is 11.7 Å². The Morgan fingerprint density at radius 1 is 1.44 bits per heavy atom. The summed E-state index contributed by atoms with van der Waals surface area (Å²) in [5.41, 5.74) is 1.13. The quantitative estimate of drug-likeness (QED) is 0.813. The number of morpholine rings is 1. The molecule has 0 unspecified atom stereocenters. The molecule has 0 aliphatic carbocycles. The van der Waals surface area contributed by atoms with Crippen LogP contribution in [0.5, 0.6) is 0 Å². The second-order valence-corrected chi connectivity index (χ2v) is 6.46. The van der Waals surface area contributed by atoms with E-state index in [1.54, 1.807) is 6.20 Å². The van der Waals surface area contributed by atoms with Crippen LogP contribution in [0.15, 0.2) is 24.7 Å². The molecule has 0 aromatic carbocycles. The van der Waals surface area contributed by atoms with Gasteiger partial charge in [0.1, 0.15) is 5.82 Å². The van der Waals surface area contributed by atoms with Gasteiger partial charge in [-0.25, -0.2) is 4.68 Å². The van der Waals surface area contributed by atoms with Crippen LogP contribution in [0.4, 0.5) is 5.82 Å². The monoisotopic (exact) mass is 346 g/mol. The average molecular weight is 346 g/mol. The molecule has 136 valence electrons. The molecule has 3 heterocycles. The third-order valence-corrected chi connectivity index (χ3v) is 4.16. The summed E-state index contributed by atoms with van der Waals surface area (Å²) < 4.78 is 9.53. The molecule has 1 saturated heterocycles. The summed E-state index contributed by atoms with van der Waals surface area (Å²) in [5, 5.41) is 11.5. The Morgan fingerprint density at radius 3 is 3.08 bits per heavy atom. The summed E-state index contributed by atoms with van der Waals surface area (Å²) in [6.45, 7) is 8.08. The lowest BCUT2D eigenvalue weighted by atomic mass is 10.2. The van der Waals surface area contributed by atoms with E-state index >= 15 is 0 Å². The van der Waals surface area contributed by atoms with E-state index in [9.17, 15) is 4.79 Å². The van der Waals surface area contributed by atoms with Gasteiger partial charge in [-0.1, -0.05) is 6.92 Å². The molecule has 0 radical (unpaired) electrons. The van der Waals surface area contributed by atoms with Crippen molar-refractivity contribution in [2.75, 3.05) is 31.6 Å². The van der Waals surface area contributed by atoms with E-state index in [1.807, 2.05) is 34.7 Å². The second-order valence-electron chi connectivity index (χ2n) is 6.46. The van der Waals surface area contributed by atoms with Gasteiger partial charge in [0, 0.05) is 31.9 Å². The first kappa shape index (κ1) is 17.6. The van der Waals surface area contributed by atoms with E-state index in [0.717, 1.165) is 37.4 Å². The summed E-state index contributed by atoms with van der Waals surface area (Å²) in [6.07, 6.45) is 6.58. The van der Waals surface area contributed by atoms with Crippen LogP contribution in [0.2, 0.25) is 0 Å². The number of hydrogen-bond acceptors (Lipinski definition) is 5. The summed E-state index contributed by atoms with van der Waals surface area (Å²) in [7, 11) is 0. The summed E-state index contributed by atoms with van der Waals surface area (Å²) in [6, 6.07) is 1.83. The van der Waals surface area contributed by atoms with Crippen molar-refractivity contribution in [1.82, 2.24) is 24.5 Å². The fourth-order valence-electron chi connectivity index (χ4n) is 3.02. The number of ether oxygens (including phenoxy) is 1. The van der Waals surface area contributed by atoms with Crippen molar-refractivity contribution in [1.29, 1.82) is 0 Å². The number of anilines is 1. The fraction of sp³-hybridized carbons (Fsp3) is 0.588. The number of rotatable bonds is 7. The average Bonchev–Trinajstić information content (AvgIpc) is 3.17. The van der Waals surface area contributed by atoms with Gasteiger partial charge in [0.05, 0.1) is 38.2 Å². The summed E-state index contributed by atoms with van der Waals surface area (Å²) in [4.78, 5) is 14.5. The predicted octanol–water partition coefficient (Wildman–Crippen LogP) is 1.14. The van der Waals surface area contributed by atoms with Crippen LogP contribution in [0.1, 0.15) is 18.9 Å². The Labute approximate surface area is 147 Å². The number of aromatic nitrogens is 4. The van der Waals surface area contributed by atoms with Crippen LogP contribution < -0.4 is 5.32 Å². The molecule has 8 nitrogen and oxygen atoms in total. The maximum Gasteiger partial charge on any atom is 0.239 e. The van der Waals surface area contributed by atoms with Crippen LogP contribution in [-0.4, -0.2) is 62.7 Å². The van der Waals surface area contributed by atoms with Gasteiger partial charge < -0.3 is 10.1 Å². The molecule has 1 atom stereocenters. The smallest absolute Gasteiger partial charge is 0.239 e. The molecule has 1 aliphatic rings. The number of nitrogens with zero attached hydrogens (tertiary/aromatic N) is 5. The van der Waals surface area contributed by atoms with Gasteiger partial charge in [0.2, 0.25) is 5.91 Å². The lowest BCUT2D eigenvalue weighted by Crippen LogP contribution is -2.47. The minimum Gasteiger partial charge on any atom is -0.374 e. The largest absolute Gasteiger partial charge is 0.374 e. The zero-order chi connectivity index (χ0) is 17.6. The molecule has 0 spiro atoms. The first-order valence-electron chi connectivity index (χ1n) is 8.78. The highest BCUT2D eigenvalue weighted by atomic mass is 16.5.